The molecular formula is C21H22I4O4. The van der Waals surface area contributed by atoms with Crippen molar-refractivity contribution < 1.29 is 19.7 Å². The lowest BCUT2D eigenvalue weighted by Gasteiger charge is -2.32. The fourth-order valence-corrected chi connectivity index (χ4v) is 6.50. The van der Waals surface area contributed by atoms with E-state index in [0.717, 1.165) is 25.4 Å². The molecule has 0 saturated carbocycles. The zero-order valence-electron chi connectivity index (χ0n) is 16.4. The van der Waals surface area contributed by atoms with Crippen LogP contribution in [-0.2, 0) is 14.9 Å². The molecule has 0 spiro atoms. The van der Waals surface area contributed by atoms with Gasteiger partial charge in [0.2, 0.25) is 0 Å². The normalized spacial score (nSPS) is 12.1. The lowest BCUT2D eigenvalue weighted by Crippen LogP contribution is -2.28. The summed E-state index contributed by atoms with van der Waals surface area (Å²) in [6.07, 6.45) is 0.797. The summed E-state index contributed by atoms with van der Waals surface area (Å²) in [4.78, 5) is 12.4. The molecule has 0 bridgehead atoms. The number of carbonyl (C=O) groups is 1. The van der Waals surface area contributed by atoms with E-state index < -0.39 is 11.0 Å². The highest BCUT2D eigenvalue weighted by Crippen LogP contribution is 2.42. The van der Waals surface area contributed by atoms with Crippen molar-refractivity contribution in [2.24, 2.45) is 0 Å². The maximum atomic E-state index is 12.4. The smallest absolute Gasteiger partial charge is 0.306 e. The number of halogens is 4. The molecule has 0 atom stereocenters. The summed E-state index contributed by atoms with van der Waals surface area (Å²) in [7, 11) is 0. The van der Waals surface area contributed by atoms with Crippen LogP contribution in [0.15, 0.2) is 24.3 Å². The van der Waals surface area contributed by atoms with Crippen LogP contribution in [0.1, 0.15) is 51.7 Å². The Morgan fingerprint density at radius 2 is 1.17 bits per heavy atom. The van der Waals surface area contributed by atoms with Crippen LogP contribution in [0.3, 0.4) is 0 Å². The molecule has 8 heteroatoms. The summed E-state index contributed by atoms with van der Waals surface area (Å²) in [5, 5.41) is 20.4. The lowest BCUT2D eigenvalue weighted by atomic mass is 9.73. The van der Waals surface area contributed by atoms with Crippen LogP contribution in [0.2, 0.25) is 0 Å². The topological polar surface area (TPSA) is 66.8 Å². The van der Waals surface area contributed by atoms with E-state index in [-0.39, 0.29) is 23.9 Å². The van der Waals surface area contributed by atoms with Crippen molar-refractivity contribution in [3.63, 3.8) is 0 Å². The minimum Gasteiger partial charge on any atom is -0.506 e. The molecule has 0 radical (unpaired) electrons. The van der Waals surface area contributed by atoms with Crippen molar-refractivity contribution in [3.05, 3.63) is 49.7 Å². The van der Waals surface area contributed by atoms with Crippen LogP contribution >= 0.6 is 90.4 Å². The minimum atomic E-state index is -0.528. The first kappa shape index (κ1) is 25.7. The summed E-state index contributed by atoms with van der Waals surface area (Å²) in [5.41, 5.74) is 0.979. The molecule has 0 aliphatic rings. The van der Waals surface area contributed by atoms with Crippen molar-refractivity contribution in [2.45, 2.75) is 51.6 Å². The van der Waals surface area contributed by atoms with Crippen molar-refractivity contribution in [1.82, 2.24) is 0 Å². The Bertz CT molecular complexity index is 831. The van der Waals surface area contributed by atoms with Crippen LogP contribution in [0.5, 0.6) is 11.5 Å². The molecule has 0 aliphatic heterocycles. The number of ether oxygens (including phenoxy) is 1. The molecule has 0 heterocycles. The average molecular weight is 846 g/mol. The van der Waals surface area contributed by atoms with Gasteiger partial charge in [0, 0.05) is 11.8 Å². The van der Waals surface area contributed by atoms with Crippen LogP contribution in [-0.4, -0.2) is 21.8 Å². The molecule has 29 heavy (non-hydrogen) atoms. The Balaban J connectivity index is 2.55. The second-order valence-electron chi connectivity index (χ2n) is 8.00. The van der Waals surface area contributed by atoms with Gasteiger partial charge >= 0.3 is 5.97 Å². The number of benzene rings is 2. The average Bonchev–Trinajstić information content (AvgIpc) is 2.59. The van der Waals surface area contributed by atoms with Gasteiger partial charge in [-0.05, 0) is 153 Å². The van der Waals surface area contributed by atoms with E-state index in [0.29, 0.717) is 6.42 Å². The van der Waals surface area contributed by atoms with Gasteiger partial charge in [-0.25, -0.2) is 0 Å². The van der Waals surface area contributed by atoms with Gasteiger partial charge in [0.25, 0.3) is 0 Å². The maximum absolute atomic E-state index is 12.4. The number of aromatic hydroxyl groups is 2. The Morgan fingerprint density at radius 1 is 0.828 bits per heavy atom. The van der Waals surface area contributed by atoms with Crippen molar-refractivity contribution >= 4 is 96.3 Å². The van der Waals surface area contributed by atoms with Crippen LogP contribution in [0, 0.1) is 14.3 Å². The largest absolute Gasteiger partial charge is 0.506 e. The third-order valence-corrected chi connectivity index (χ3v) is 7.85. The molecule has 2 N–H and O–H groups in total. The molecule has 2 aromatic rings. The van der Waals surface area contributed by atoms with Gasteiger partial charge in [0.1, 0.15) is 17.1 Å². The molecule has 0 saturated heterocycles. The molecule has 4 nitrogen and oxygen atoms in total. The van der Waals surface area contributed by atoms with E-state index in [1.807, 2.05) is 45.0 Å². The van der Waals surface area contributed by atoms with Gasteiger partial charge in [0.15, 0.2) is 0 Å². The van der Waals surface area contributed by atoms with E-state index in [1.54, 1.807) is 0 Å². The summed E-state index contributed by atoms with van der Waals surface area (Å²) in [6, 6.07) is 7.83. The van der Waals surface area contributed by atoms with Crippen molar-refractivity contribution in [3.8, 4) is 11.5 Å². The standard InChI is InChI=1S/C21H22I4O4/c1-20(2,3)29-17(26)5-6-21(4,11-7-13(22)18(27)14(23)8-11)12-9-15(24)19(28)16(25)10-12/h7-10,27-28H,5-6H2,1-4H3. The van der Waals surface area contributed by atoms with Crippen LogP contribution in [0.25, 0.3) is 0 Å². The number of phenols is 2. The molecule has 0 unspecified atom stereocenters. The van der Waals surface area contributed by atoms with E-state index >= 15 is 0 Å². The van der Waals surface area contributed by atoms with Gasteiger partial charge in [-0.2, -0.15) is 0 Å². The number of hydrogen-bond acceptors (Lipinski definition) is 4. The van der Waals surface area contributed by atoms with Gasteiger partial charge in [-0.1, -0.05) is 6.92 Å². The molecule has 0 aromatic heterocycles. The van der Waals surface area contributed by atoms with Gasteiger partial charge in [0.05, 0.1) is 14.3 Å². The number of hydrogen-bond donors (Lipinski definition) is 2. The fourth-order valence-electron chi connectivity index (χ4n) is 2.97. The van der Waals surface area contributed by atoms with E-state index in [4.69, 9.17) is 4.74 Å². The quantitative estimate of drug-likeness (QED) is 0.253. The Hall–Kier alpha value is 0.430. The predicted molar refractivity (Wildman–Crippen MR) is 149 cm³/mol. The summed E-state index contributed by atoms with van der Waals surface area (Å²) < 4.78 is 8.55. The highest BCUT2D eigenvalue weighted by atomic mass is 127. The zero-order valence-corrected chi connectivity index (χ0v) is 25.1. The molecule has 2 rings (SSSR count). The first-order valence-corrected chi connectivity index (χ1v) is 13.1. The molecule has 0 fully saturated rings. The maximum Gasteiger partial charge on any atom is 0.306 e. The van der Waals surface area contributed by atoms with Crippen molar-refractivity contribution in [2.75, 3.05) is 0 Å². The minimum absolute atomic E-state index is 0.241. The number of rotatable bonds is 5. The predicted octanol–water partition coefficient (Wildman–Crippen LogP) is 6.94. The summed E-state index contributed by atoms with van der Waals surface area (Å²) >= 11 is 8.50. The van der Waals surface area contributed by atoms with Gasteiger partial charge in [-0.3, -0.25) is 4.79 Å². The van der Waals surface area contributed by atoms with Crippen LogP contribution in [0.4, 0.5) is 0 Å². The fraction of sp³-hybridized carbons (Fsp3) is 0.381. The van der Waals surface area contributed by atoms with E-state index in [9.17, 15) is 15.0 Å². The van der Waals surface area contributed by atoms with Crippen molar-refractivity contribution in [1.29, 1.82) is 0 Å². The number of phenolic OH excluding ortho intramolecular Hbond substituents is 2. The zero-order chi connectivity index (χ0) is 22.1. The number of carbonyl (C=O) groups excluding carboxylic acids is 1. The highest BCUT2D eigenvalue weighted by molar-refractivity contribution is 14.1. The highest BCUT2D eigenvalue weighted by Gasteiger charge is 2.33. The number of esters is 1. The molecule has 158 valence electrons. The summed E-state index contributed by atoms with van der Waals surface area (Å²) in [5.74, 6) is 0.286. The molecule has 0 aliphatic carbocycles. The molecule has 0 amide bonds. The second kappa shape index (κ2) is 9.92. The van der Waals surface area contributed by atoms with Gasteiger partial charge in [-0.15, -0.1) is 0 Å². The van der Waals surface area contributed by atoms with E-state index in [1.165, 1.54) is 0 Å². The third-order valence-electron chi connectivity index (χ3n) is 4.56. The lowest BCUT2D eigenvalue weighted by molar-refractivity contribution is -0.155. The first-order valence-electron chi connectivity index (χ1n) is 8.83. The van der Waals surface area contributed by atoms with E-state index in [2.05, 4.69) is 97.3 Å². The summed E-state index contributed by atoms with van der Waals surface area (Å²) in [6.45, 7) is 7.67. The van der Waals surface area contributed by atoms with Gasteiger partial charge < -0.3 is 14.9 Å². The Labute approximate surface area is 226 Å². The monoisotopic (exact) mass is 846 g/mol. The SMILES string of the molecule is CC(C)(C)OC(=O)CCC(C)(c1cc(I)c(O)c(I)c1)c1cc(I)c(O)c(I)c1. The Morgan fingerprint density at radius 3 is 1.48 bits per heavy atom. The second-order valence-corrected chi connectivity index (χ2v) is 12.6. The van der Waals surface area contributed by atoms with Crippen LogP contribution < -0.4 is 0 Å². The molecular weight excluding hydrogens is 824 g/mol. The third kappa shape index (κ3) is 6.46. The molecule has 2 aromatic carbocycles. The first-order chi connectivity index (χ1) is 13.2. The Kier molecular flexibility index (Phi) is 8.79.